The zero-order chi connectivity index (χ0) is 15.4. The van der Waals surface area contributed by atoms with E-state index in [1.165, 1.54) is 17.0 Å². The van der Waals surface area contributed by atoms with Crippen molar-refractivity contribution in [2.45, 2.75) is 27.7 Å². The molecule has 0 bridgehead atoms. The van der Waals surface area contributed by atoms with Gasteiger partial charge >= 0.3 is 0 Å². The molecular formula is C17H22N2OS. The van der Waals surface area contributed by atoms with E-state index in [1.54, 1.807) is 0 Å². The summed E-state index contributed by atoms with van der Waals surface area (Å²) in [4.78, 5) is 17.1. The van der Waals surface area contributed by atoms with Crippen LogP contribution in [0.2, 0.25) is 0 Å². The standard InChI is InChI=1S/C17H22N2OS/c1-5-19(6-2)14-9-7-13(8-10-14)11-15-16(20)18-17(21-15)12(3)4/h7-11H,5-6H2,1-4H3,(H,18,20)/b15-11-. The Morgan fingerprint density at radius 3 is 2.29 bits per heavy atom. The highest BCUT2D eigenvalue weighted by Crippen LogP contribution is 2.15. The first-order valence-corrected chi connectivity index (χ1v) is 8.10. The number of rotatable bonds is 4. The van der Waals surface area contributed by atoms with Crippen LogP contribution < -0.4 is 19.7 Å². The Labute approximate surface area is 129 Å². The minimum atomic E-state index is -0.0102. The molecule has 1 heterocycles. The first kappa shape index (κ1) is 15.6. The summed E-state index contributed by atoms with van der Waals surface area (Å²) in [5.74, 6) is 0. The van der Waals surface area contributed by atoms with Crippen molar-refractivity contribution < 1.29 is 0 Å². The molecule has 0 amide bonds. The van der Waals surface area contributed by atoms with Gasteiger partial charge in [-0.25, -0.2) is 0 Å². The first-order chi connectivity index (χ1) is 10.0. The van der Waals surface area contributed by atoms with Crippen molar-refractivity contribution in [2.24, 2.45) is 0 Å². The Balaban J connectivity index is 2.38. The molecule has 4 heteroatoms. The van der Waals surface area contributed by atoms with Gasteiger partial charge in [0, 0.05) is 18.8 Å². The number of hydrogen-bond donors (Lipinski definition) is 1. The minimum absolute atomic E-state index is 0.0102. The summed E-state index contributed by atoms with van der Waals surface area (Å²) in [5, 5.41) is 0. The predicted octanol–water partition coefficient (Wildman–Crippen LogP) is 2.30. The van der Waals surface area contributed by atoms with Gasteiger partial charge in [-0.3, -0.25) is 4.79 Å². The fourth-order valence-electron chi connectivity index (χ4n) is 2.19. The third-order valence-electron chi connectivity index (χ3n) is 3.44. The van der Waals surface area contributed by atoms with Crippen LogP contribution in [-0.2, 0) is 0 Å². The predicted molar refractivity (Wildman–Crippen MR) is 92.5 cm³/mol. The molecule has 1 aromatic heterocycles. The fourth-order valence-corrected chi connectivity index (χ4v) is 3.10. The van der Waals surface area contributed by atoms with Gasteiger partial charge in [0.1, 0.15) is 0 Å². The van der Waals surface area contributed by atoms with Crippen LogP contribution >= 0.6 is 11.3 Å². The van der Waals surface area contributed by atoms with Crippen molar-refractivity contribution in [2.75, 3.05) is 18.0 Å². The van der Waals surface area contributed by atoms with E-state index in [9.17, 15) is 4.79 Å². The topological polar surface area (TPSA) is 36.1 Å². The van der Waals surface area contributed by atoms with E-state index in [-0.39, 0.29) is 5.56 Å². The lowest BCUT2D eigenvalue weighted by atomic mass is 10.2. The molecule has 0 aliphatic heterocycles. The van der Waals surface area contributed by atoms with Gasteiger partial charge in [0.25, 0.3) is 5.56 Å². The van der Waals surface area contributed by atoms with E-state index in [0.29, 0.717) is 0 Å². The van der Waals surface area contributed by atoms with Crippen LogP contribution in [0.15, 0.2) is 29.1 Å². The molecule has 0 unspecified atom stereocenters. The second-order valence-electron chi connectivity index (χ2n) is 5.16. The molecule has 0 radical (unpaired) electrons. The highest BCUT2D eigenvalue weighted by molar-refractivity contribution is 7.07. The molecule has 1 aromatic carbocycles. The summed E-state index contributed by atoms with van der Waals surface area (Å²) in [7, 11) is 0. The second kappa shape index (κ2) is 6.76. The molecular weight excluding hydrogens is 280 g/mol. The third-order valence-corrected chi connectivity index (χ3v) is 4.67. The largest absolute Gasteiger partial charge is 0.372 e. The van der Waals surface area contributed by atoms with Crippen molar-refractivity contribution in [3.8, 4) is 0 Å². The van der Waals surface area contributed by atoms with Crippen LogP contribution in [-0.4, -0.2) is 18.1 Å². The zero-order valence-electron chi connectivity index (χ0n) is 13.1. The van der Waals surface area contributed by atoms with Crippen molar-refractivity contribution in [3.63, 3.8) is 0 Å². The number of H-pyrrole nitrogens is 1. The number of benzene rings is 1. The highest BCUT2D eigenvalue weighted by Gasteiger charge is 2.01. The van der Waals surface area contributed by atoms with Gasteiger partial charge in [0.2, 0.25) is 0 Å². The van der Waals surface area contributed by atoms with Gasteiger partial charge in [-0.2, -0.15) is 0 Å². The molecule has 2 aromatic rings. The van der Waals surface area contributed by atoms with Crippen LogP contribution in [0, 0.1) is 0 Å². The molecule has 0 spiro atoms. The summed E-state index contributed by atoms with van der Waals surface area (Å²) in [5.41, 5.74) is 3.40. The molecule has 0 saturated carbocycles. The van der Waals surface area contributed by atoms with E-state index in [2.05, 4.69) is 48.0 Å². The maximum Gasteiger partial charge on any atom is 0.266 e. The van der Waals surface area contributed by atoms with Gasteiger partial charge in [-0.05, 0) is 57.0 Å². The number of nitrogens with one attached hydrogen (secondary N) is 1. The minimum Gasteiger partial charge on any atom is -0.372 e. The summed E-state index contributed by atoms with van der Waals surface area (Å²) < 4.78 is 1.70. The zero-order valence-corrected chi connectivity index (χ0v) is 13.9. The van der Waals surface area contributed by atoms with Crippen molar-refractivity contribution in [1.29, 1.82) is 0 Å². The van der Waals surface area contributed by atoms with Crippen LogP contribution in [0.1, 0.15) is 33.3 Å². The Kier molecular flexibility index (Phi) is 5.02. The average Bonchev–Trinajstić information content (AvgIpc) is 2.84. The first-order valence-electron chi connectivity index (χ1n) is 7.28. The van der Waals surface area contributed by atoms with Crippen molar-refractivity contribution in [1.82, 2.24) is 4.98 Å². The molecule has 0 aliphatic rings. The molecule has 0 saturated heterocycles. The number of aromatic amines is 1. The SMILES string of the molecule is CCN(CC)c1ccc(/C=c2\sc(=C(C)C)[nH]c2=O)cc1. The number of anilines is 1. The number of nitrogens with zero attached hydrogens (tertiary/aromatic N) is 1. The monoisotopic (exact) mass is 302 g/mol. The quantitative estimate of drug-likeness (QED) is 0.941. The van der Waals surface area contributed by atoms with E-state index >= 15 is 0 Å². The summed E-state index contributed by atoms with van der Waals surface area (Å²) in [6, 6.07) is 8.35. The normalized spacial score (nSPS) is 11.7. The maximum absolute atomic E-state index is 11.9. The van der Waals surface area contributed by atoms with Gasteiger partial charge in [-0.1, -0.05) is 12.1 Å². The lowest BCUT2D eigenvalue weighted by molar-refractivity contribution is 0.866. The maximum atomic E-state index is 11.9. The Bertz CT molecular complexity index is 760. The smallest absolute Gasteiger partial charge is 0.266 e. The lowest BCUT2D eigenvalue weighted by Gasteiger charge is -2.20. The summed E-state index contributed by atoms with van der Waals surface area (Å²) >= 11 is 1.51. The molecule has 1 N–H and O–H groups in total. The van der Waals surface area contributed by atoms with Gasteiger partial charge in [0.15, 0.2) is 0 Å². The lowest BCUT2D eigenvalue weighted by Crippen LogP contribution is -2.21. The van der Waals surface area contributed by atoms with Crippen LogP contribution in [0.5, 0.6) is 0 Å². The number of aromatic nitrogens is 1. The summed E-state index contributed by atoms with van der Waals surface area (Å²) in [6.07, 6.45) is 1.95. The molecule has 0 aliphatic carbocycles. The van der Waals surface area contributed by atoms with Gasteiger partial charge in [-0.15, -0.1) is 11.3 Å². The van der Waals surface area contributed by atoms with Gasteiger partial charge < -0.3 is 9.88 Å². The summed E-state index contributed by atoms with van der Waals surface area (Å²) in [6.45, 7) is 10.3. The third kappa shape index (κ3) is 3.64. The Morgan fingerprint density at radius 1 is 1.19 bits per heavy atom. The van der Waals surface area contributed by atoms with E-state index < -0.39 is 0 Å². The fraction of sp³-hybridized carbons (Fsp3) is 0.353. The van der Waals surface area contributed by atoms with Crippen LogP contribution in [0.4, 0.5) is 5.69 Å². The van der Waals surface area contributed by atoms with Crippen LogP contribution in [0.25, 0.3) is 11.6 Å². The number of thiazole rings is 1. The van der Waals surface area contributed by atoms with Crippen molar-refractivity contribution >= 4 is 28.7 Å². The van der Waals surface area contributed by atoms with E-state index in [0.717, 1.165) is 33.4 Å². The molecule has 0 atom stereocenters. The number of hydrogen-bond acceptors (Lipinski definition) is 3. The molecule has 0 fully saturated rings. The molecule has 2 rings (SSSR count). The second-order valence-corrected chi connectivity index (χ2v) is 6.21. The molecule has 112 valence electrons. The van der Waals surface area contributed by atoms with Gasteiger partial charge in [0.05, 0.1) is 9.20 Å². The molecule has 21 heavy (non-hydrogen) atoms. The van der Waals surface area contributed by atoms with Crippen LogP contribution in [0.3, 0.4) is 0 Å². The highest BCUT2D eigenvalue weighted by atomic mass is 32.1. The average molecular weight is 302 g/mol. The Morgan fingerprint density at radius 2 is 1.81 bits per heavy atom. The Hall–Kier alpha value is -1.81. The van der Waals surface area contributed by atoms with Crippen molar-refractivity contribution in [3.05, 3.63) is 49.4 Å². The van der Waals surface area contributed by atoms with E-state index in [4.69, 9.17) is 0 Å². The molecule has 3 nitrogen and oxygen atoms in total. The van der Waals surface area contributed by atoms with E-state index in [1.807, 2.05) is 19.9 Å².